The van der Waals surface area contributed by atoms with Gasteiger partial charge in [-0.2, -0.15) is 0 Å². The molecule has 9 aromatic rings. The molecule has 12 bridgehead atoms. The van der Waals surface area contributed by atoms with Gasteiger partial charge in [0.25, 0.3) is 0 Å². The molecule has 0 fully saturated rings. The van der Waals surface area contributed by atoms with Gasteiger partial charge < -0.3 is 9.97 Å². The summed E-state index contributed by atoms with van der Waals surface area (Å²) in [7, 11) is 0. The third kappa shape index (κ3) is 10.0. The van der Waals surface area contributed by atoms with Crippen LogP contribution in [0.15, 0.2) is 24.3 Å². The van der Waals surface area contributed by atoms with Crippen molar-refractivity contribution in [1.29, 1.82) is 0 Å². The summed E-state index contributed by atoms with van der Waals surface area (Å²) in [4.78, 5) is 19.7. The van der Waals surface area contributed by atoms with Crippen molar-refractivity contribution in [2.24, 2.45) is 0 Å². The van der Waals surface area contributed by atoms with Crippen LogP contribution in [-0.4, -0.2) is 29.9 Å². The second-order valence-electron chi connectivity index (χ2n) is 21.4. The molecule has 4 aliphatic heterocycles. The van der Waals surface area contributed by atoms with Gasteiger partial charge >= 0.3 is 0 Å². The monoisotopic (exact) mass is 1460 g/mol. The first-order valence-electron chi connectivity index (χ1n) is 27.4. The van der Waals surface area contributed by atoms with E-state index < -0.39 is 309 Å². The molecule has 0 unspecified atom stereocenters. The van der Waals surface area contributed by atoms with E-state index in [0.29, 0.717) is 72.9 Å². The predicted molar refractivity (Wildman–Crippen MR) is 299 cm³/mol. The van der Waals surface area contributed by atoms with Crippen molar-refractivity contribution in [1.82, 2.24) is 29.9 Å². The number of benzene rings is 6. The molecule has 0 saturated heterocycles. The van der Waals surface area contributed by atoms with Gasteiger partial charge in [0.05, 0.1) is 78.9 Å². The highest BCUT2D eigenvalue weighted by Crippen LogP contribution is 2.47. The van der Waals surface area contributed by atoms with Crippen LogP contribution in [0, 0.1) is 175 Å². The molecule has 36 heteroatoms. The summed E-state index contributed by atoms with van der Waals surface area (Å²) in [6.45, 7) is 0. The summed E-state index contributed by atoms with van der Waals surface area (Å²) >= 11 is 0. The SMILES string of the molecule is Fc1c(F)c(F)c(-c2c3nc(c(-c4c(F)c(F)c(F)c(F)c4F)c4ccc([nH]4)c(-c4c(F)c(F)c(F)c(F)c4F)c4nc(c(-c5c(F)c(F)c(F)c(F)c5F)c5nc(c(-c6c(F)c(F)c(F)c(F)c6F)c6ccc([nH]6)c(-c6c(F)c(F)c(F)c(F)c6F)c6nc2C=C6)C=C5)C=C4)C=C3)c(F)c1F. The molecule has 102 heavy (non-hydrogen) atoms. The molecule has 0 spiro atoms. The van der Waals surface area contributed by atoms with Crippen LogP contribution >= 0.6 is 0 Å². The Hall–Kier alpha value is -11.9. The van der Waals surface area contributed by atoms with Crippen molar-refractivity contribution >= 4 is 70.7 Å². The molecule has 2 N–H and O–H groups in total. The van der Waals surface area contributed by atoms with E-state index in [1.807, 2.05) is 0 Å². The number of nitrogens with zero attached hydrogens (tertiary/aromatic N) is 4. The van der Waals surface area contributed by atoms with Crippen LogP contribution in [0.25, 0.3) is 137 Å². The van der Waals surface area contributed by atoms with E-state index in [1.165, 1.54) is 0 Å². The lowest BCUT2D eigenvalue weighted by Gasteiger charge is -2.12. The van der Waals surface area contributed by atoms with E-state index in [4.69, 9.17) is 0 Å². The zero-order chi connectivity index (χ0) is 73.9. The van der Waals surface area contributed by atoms with Crippen molar-refractivity contribution in [3.63, 3.8) is 0 Å². The first kappa shape index (κ1) is 68.6. The topological polar surface area (TPSA) is 83.1 Å². The van der Waals surface area contributed by atoms with Crippen molar-refractivity contribution in [2.45, 2.75) is 0 Å². The van der Waals surface area contributed by atoms with Gasteiger partial charge in [-0.15, -0.1) is 0 Å². The first-order chi connectivity index (χ1) is 48.1. The molecule has 7 heterocycles. The minimum absolute atomic E-state index is 0.348. The number of hydrogen-bond donors (Lipinski definition) is 2. The fourth-order valence-corrected chi connectivity index (χ4v) is 11.3. The Balaban J connectivity index is 1.34. The Morgan fingerprint density at radius 3 is 0.382 bits per heavy atom. The summed E-state index contributed by atoms with van der Waals surface area (Å²) in [5.74, 6) is -86.2. The number of rotatable bonds is 6. The van der Waals surface area contributed by atoms with Gasteiger partial charge in [-0.1, -0.05) is 0 Å². The smallest absolute Gasteiger partial charge is 0.200 e. The lowest BCUT2D eigenvalue weighted by atomic mass is 10.00. The summed E-state index contributed by atoms with van der Waals surface area (Å²) in [6, 6.07) is 1.54. The minimum atomic E-state index is -2.93. The zero-order valence-electron chi connectivity index (χ0n) is 48.1. The molecule has 518 valence electrons. The van der Waals surface area contributed by atoms with Crippen molar-refractivity contribution in [3.8, 4) is 66.8 Å². The minimum Gasteiger partial charge on any atom is -0.354 e. The molecule has 0 radical (unpaired) electrons. The largest absolute Gasteiger partial charge is 0.354 e. The van der Waals surface area contributed by atoms with E-state index in [1.54, 1.807) is 0 Å². The average molecular weight is 1460 g/mol. The van der Waals surface area contributed by atoms with Gasteiger partial charge in [0, 0.05) is 55.4 Å². The highest BCUT2D eigenvalue weighted by Gasteiger charge is 2.38. The van der Waals surface area contributed by atoms with Crippen LogP contribution in [0.3, 0.4) is 0 Å². The highest BCUT2D eigenvalue weighted by molar-refractivity contribution is 6.01. The third-order valence-electron chi connectivity index (χ3n) is 15.8. The zero-order valence-corrected chi connectivity index (χ0v) is 48.1. The predicted octanol–water partition coefficient (Wildman–Crippen LogP) is 20.8. The second-order valence-corrected chi connectivity index (χ2v) is 21.4. The maximum absolute atomic E-state index is 16.4. The summed E-state index contributed by atoms with van der Waals surface area (Å²) in [5, 5.41) is 0. The molecule has 0 amide bonds. The third-order valence-corrected chi connectivity index (χ3v) is 15.8. The number of nitrogens with one attached hydrogen (secondary N) is 2. The average Bonchev–Trinajstić information content (AvgIpc) is 1.49. The van der Waals surface area contributed by atoms with Crippen molar-refractivity contribution < 1.29 is 132 Å². The van der Waals surface area contributed by atoms with E-state index in [2.05, 4.69) is 29.9 Å². The fraction of sp³-hybridized carbons (Fsp3) is 0. The van der Waals surface area contributed by atoms with Crippen molar-refractivity contribution in [2.75, 3.05) is 0 Å². The van der Waals surface area contributed by atoms with Crippen LogP contribution in [0.1, 0.15) is 45.6 Å². The molecule has 13 rings (SSSR count). The number of aromatic nitrogens is 6. The summed E-state index contributed by atoms with van der Waals surface area (Å²) in [5.41, 5.74) is -39.0. The molecule has 6 aromatic carbocycles. The normalized spacial score (nSPS) is 12.5. The van der Waals surface area contributed by atoms with E-state index in [9.17, 15) is 26.3 Å². The quantitative estimate of drug-likeness (QED) is 0.0987. The molecule has 0 saturated carbocycles. The number of fused-ring (bicyclic) bond motifs is 12. The van der Waals surface area contributed by atoms with Gasteiger partial charge in [0.2, 0.25) is 34.9 Å². The Morgan fingerprint density at radius 2 is 0.245 bits per heavy atom. The number of H-pyrrole nitrogens is 2. The Kier molecular flexibility index (Phi) is 16.5. The fourth-order valence-electron chi connectivity index (χ4n) is 11.3. The molecular weight excluding hydrogens is 1450 g/mol. The summed E-state index contributed by atoms with van der Waals surface area (Å²) in [6.07, 6.45) is 2.80. The van der Waals surface area contributed by atoms with E-state index in [0.717, 1.165) is 0 Å². The highest BCUT2D eigenvalue weighted by atomic mass is 19.2. The Bertz CT molecular complexity index is 5100. The maximum Gasteiger partial charge on any atom is 0.200 e. The van der Waals surface area contributed by atoms with Crippen LogP contribution in [0.4, 0.5) is 132 Å². The summed E-state index contributed by atoms with van der Waals surface area (Å²) < 4.78 is 472. The molecular formula is C66H14F30N6. The van der Waals surface area contributed by atoms with Crippen LogP contribution < -0.4 is 0 Å². The van der Waals surface area contributed by atoms with Gasteiger partial charge in [0.1, 0.15) is 0 Å². The Labute approximate surface area is 542 Å². The number of hydrogen-bond acceptors (Lipinski definition) is 4. The van der Waals surface area contributed by atoms with E-state index >= 15 is 105 Å². The Morgan fingerprint density at radius 1 is 0.137 bits per heavy atom. The van der Waals surface area contributed by atoms with Gasteiger partial charge in [-0.3, -0.25) is 0 Å². The van der Waals surface area contributed by atoms with Gasteiger partial charge in [-0.05, 0) is 72.9 Å². The van der Waals surface area contributed by atoms with Crippen LogP contribution in [0.2, 0.25) is 0 Å². The van der Waals surface area contributed by atoms with Gasteiger partial charge in [0.15, 0.2) is 140 Å². The molecule has 3 aromatic heterocycles. The molecule has 4 aliphatic rings. The molecule has 6 nitrogen and oxygen atoms in total. The van der Waals surface area contributed by atoms with Crippen LogP contribution in [-0.2, 0) is 0 Å². The standard InChI is InChI=1S/C66H14F30N6/c67-37-31(38(68)50(80)61(91)49(37)79)25-13-1-2-14(97-13)26(32-39(69)51(81)62(92)52(82)40(32)70)16-5-6-18(99-16)28(34-43(73)55(85)64(94)56(86)44(34)74)20-9-10-22(101-20)30(36-47(77)59(89)66(96)60(90)48(36)78)24-12-11-23(102-24)29(35-45(75)57(87)65(95)58(88)46(35)76)21-8-7-19(100-21)27(17-4-3-15(25)98-17)33-41(71)53(83)63(93)54(84)42(33)72/h1-12,97,102H. The lowest BCUT2D eigenvalue weighted by Crippen LogP contribution is -2.06. The van der Waals surface area contributed by atoms with Gasteiger partial charge in [-0.25, -0.2) is 152 Å². The maximum atomic E-state index is 16.4. The number of halogens is 30. The first-order valence-corrected chi connectivity index (χ1v) is 27.4. The van der Waals surface area contributed by atoms with Crippen LogP contribution in [0.5, 0.6) is 0 Å². The molecule has 0 aliphatic carbocycles. The molecule has 0 atom stereocenters. The van der Waals surface area contributed by atoms with E-state index in [-0.39, 0.29) is 0 Å². The van der Waals surface area contributed by atoms with Crippen molar-refractivity contribution in [3.05, 3.63) is 244 Å². The lowest BCUT2D eigenvalue weighted by molar-refractivity contribution is 0.381. The second kappa shape index (κ2) is 24.5. The number of aromatic amines is 2.